The third-order valence-electron chi connectivity index (χ3n) is 3.49. The van der Waals surface area contributed by atoms with Gasteiger partial charge in [-0.2, -0.15) is 0 Å². The molecule has 24 heavy (non-hydrogen) atoms. The highest BCUT2D eigenvalue weighted by Gasteiger charge is 2.26. The molecule has 0 bridgehead atoms. The first-order valence-electron chi connectivity index (χ1n) is 7.67. The summed E-state index contributed by atoms with van der Waals surface area (Å²) in [5.74, 6) is 0.244. The van der Waals surface area contributed by atoms with Gasteiger partial charge in [0.05, 0.1) is 6.61 Å². The molecule has 6 nitrogen and oxygen atoms in total. The van der Waals surface area contributed by atoms with E-state index in [-0.39, 0.29) is 5.97 Å². The van der Waals surface area contributed by atoms with Crippen molar-refractivity contribution in [1.29, 1.82) is 0 Å². The van der Waals surface area contributed by atoms with Crippen molar-refractivity contribution < 1.29 is 9.53 Å². The molecule has 3 aromatic rings. The smallest absolute Gasteiger partial charge is 0.324 e. The van der Waals surface area contributed by atoms with Crippen molar-refractivity contribution in [2.45, 2.75) is 31.2 Å². The fourth-order valence-corrected chi connectivity index (χ4v) is 3.57. The summed E-state index contributed by atoms with van der Waals surface area (Å²) in [7, 11) is 0. The Morgan fingerprint density at radius 1 is 1.25 bits per heavy atom. The lowest BCUT2D eigenvalue weighted by Crippen LogP contribution is -2.14. The van der Waals surface area contributed by atoms with Crippen LogP contribution in [-0.4, -0.2) is 32.2 Å². The Bertz CT molecular complexity index is 864. The van der Waals surface area contributed by atoms with Crippen LogP contribution in [0.25, 0.3) is 5.78 Å². The molecule has 0 amide bonds. The molecule has 0 spiro atoms. The minimum Gasteiger partial charge on any atom is -0.465 e. The minimum atomic E-state index is -0.501. The van der Waals surface area contributed by atoms with Crippen LogP contribution in [0.3, 0.4) is 0 Å². The quantitative estimate of drug-likeness (QED) is 0.524. The van der Waals surface area contributed by atoms with E-state index in [4.69, 9.17) is 4.74 Å². The van der Waals surface area contributed by atoms with Crippen LogP contribution < -0.4 is 0 Å². The summed E-state index contributed by atoms with van der Waals surface area (Å²) in [4.78, 5) is 16.8. The number of carbonyl (C=O) groups is 1. The van der Waals surface area contributed by atoms with Gasteiger partial charge in [-0.15, -0.1) is 10.2 Å². The third kappa shape index (κ3) is 3.26. The number of aromatic nitrogens is 4. The van der Waals surface area contributed by atoms with Crippen LogP contribution in [-0.2, 0) is 9.53 Å². The van der Waals surface area contributed by atoms with Crippen LogP contribution in [0.2, 0.25) is 0 Å². The molecule has 1 aromatic carbocycles. The number of fused-ring (bicyclic) bond motifs is 1. The molecule has 0 aliphatic heterocycles. The maximum atomic E-state index is 12.4. The fraction of sp³-hybridized carbons (Fsp3) is 0.294. The summed E-state index contributed by atoms with van der Waals surface area (Å²) in [5.41, 5.74) is 2.73. The van der Waals surface area contributed by atoms with E-state index < -0.39 is 5.25 Å². The molecule has 2 heterocycles. The second-order valence-corrected chi connectivity index (χ2v) is 6.39. The standard InChI is InChI=1S/C17H18N4O2S/c1-4-23-15(22)14(13-8-6-5-7-9-13)24-17-20-19-16-18-11(2)10-12(3)21(16)17/h5-10,14H,4H2,1-3H3/t14-/m0/s1. The van der Waals surface area contributed by atoms with E-state index in [9.17, 15) is 4.79 Å². The molecule has 0 aliphatic rings. The van der Waals surface area contributed by atoms with Gasteiger partial charge >= 0.3 is 5.97 Å². The Kier molecular flexibility index (Phi) is 4.80. The largest absolute Gasteiger partial charge is 0.465 e. The predicted octanol–water partition coefficient (Wildman–Crippen LogP) is 3.14. The number of benzene rings is 1. The van der Waals surface area contributed by atoms with E-state index in [1.807, 2.05) is 54.6 Å². The number of thioether (sulfide) groups is 1. The first-order chi connectivity index (χ1) is 11.6. The highest BCUT2D eigenvalue weighted by atomic mass is 32.2. The monoisotopic (exact) mass is 342 g/mol. The van der Waals surface area contributed by atoms with Crippen LogP contribution in [0.5, 0.6) is 0 Å². The van der Waals surface area contributed by atoms with Crippen LogP contribution in [0, 0.1) is 13.8 Å². The van der Waals surface area contributed by atoms with E-state index >= 15 is 0 Å². The molecule has 3 rings (SSSR count). The lowest BCUT2D eigenvalue weighted by molar-refractivity contribution is -0.142. The summed E-state index contributed by atoms with van der Waals surface area (Å²) in [6, 6.07) is 11.5. The van der Waals surface area contributed by atoms with Crippen molar-refractivity contribution in [2.75, 3.05) is 6.61 Å². The van der Waals surface area contributed by atoms with E-state index in [0.717, 1.165) is 17.0 Å². The number of hydrogen-bond donors (Lipinski definition) is 0. The molecule has 0 unspecified atom stereocenters. The van der Waals surface area contributed by atoms with Crippen LogP contribution >= 0.6 is 11.8 Å². The average molecular weight is 342 g/mol. The van der Waals surface area contributed by atoms with Crippen molar-refractivity contribution in [1.82, 2.24) is 19.6 Å². The van der Waals surface area contributed by atoms with Gasteiger partial charge in [-0.1, -0.05) is 42.1 Å². The van der Waals surface area contributed by atoms with E-state index in [0.29, 0.717) is 17.5 Å². The van der Waals surface area contributed by atoms with Gasteiger partial charge in [0.25, 0.3) is 5.78 Å². The number of nitrogens with zero attached hydrogens (tertiary/aromatic N) is 4. The Balaban J connectivity index is 2.00. The van der Waals surface area contributed by atoms with E-state index in [1.165, 1.54) is 11.8 Å². The van der Waals surface area contributed by atoms with E-state index in [2.05, 4.69) is 15.2 Å². The summed E-state index contributed by atoms with van der Waals surface area (Å²) in [6.45, 7) is 6.02. The van der Waals surface area contributed by atoms with Crippen LogP contribution in [0.1, 0.15) is 29.1 Å². The molecule has 2 aromatic heterocycles. The molecular formula is C17H18N4O2S. The molecule has 7 heteroatoms. The molecule has 0 fully saturated rings. The van der Waals surface area contributed by atoms with Gasteiger partial charge < -0.3 is 4.74 Å². The van der Waals surface area contributed by atoms with Crippen molar-refractivity contribution in [2.24, 2.45) is 0 Å². The summed E-state index contributed by atoms with van der Waals surface area (Å²) in [5, 5.41) is 8.45. The molecule has 124 valence electrons. The normalized spacial score (nSPS) is 12.3. The van der Waals surface area contributed by atoms with Crippen molar-refractivity contribution >= 4 is 23.5 Å². The third-order valence-corrected chi connectivity index (χ3v) is 4.66. The number of ether oxygens (including phenoxy) is 1. The van der Waals surface area contributed by atoms with Gasteiger partial charge in [-0.3, -0.25) is 9.20 Å². The topological polar surface area (TPSA) is 69.4 Å². The Labute approximate surface area is 144 Å². The predicted molar refractivity (Wildman–Crippen MR) is 91.9 cm³/mol. The lowest BCUT2D eigenvalue weighted by Gasteiger charge is -2.15. The molecule has 0 saturated carbocycles. The number of rotatable bonds is 5. The molecule has 0 N–H and O–H groups in total. The van der Waals surface area contributed by atoms with Gasteiger partial charge in [0.1, 0.15) is 5.25 Å². The highest BCUT2D eigenvalue weighted by Crippen LogP contribution is 2.35. The van der Waals surface area contributed by atoms with Gasteiger partial charge in [0.15, 0.2) is 5.16 Å². The van der Waals surface area contributed by atoms with Crippen LogP contribution in [0.4, 0.5) is 0 Å². The Morgan fingerprint density at radius 2 is 2.00 bits per heavy atom. The van der Waals surface area contributed by atoms with Crippen molar-refractivity contribution in [3.05, 3.63) is 53.3 Å². The SMILES string of the molecule is CCOC(=O)[C@@H](Sc1nnc2nc(C)cc(C)n12)c1ccccc1. The van der Waals surface area contributed by atoms with Crippen molar-refractivity contribution in [3.63, 3.8) is 0 Å². The highest BCUT2D eigenvalue weighted by molar-refractivity contribution is 8.00. The number of esters is 1. The summed E-state index contributed by atoms with van der Waals surface area (Å²) < 4.78 is 7.09. The summed E-state index contributed by atoms with van der Waals surface area (Å²) in [6.07, 6.45) is 0. The van der Waals surface area contributed by atoms with Gasteiger partial charge in [0, 0.05) is 11.4 Å². The van der Waals surface area contributed by atoms with Gasteiger partial charge in [-0.25, -0.2) is 4.98 Å². The molecule has 1 atom stereocenters. The minimum absolute atomic E-state index is 0.289. The molecule has 0 aliphatic carbocycles. The zero-order valence-corrected chi connectivity index (χ0v) is 14.6. The van der Waals surface area contributed by atoms with Gasteiger partial charge in [-0.05, 0) is 32.4 Å². The molecular weight excluding hydrogens is 324 g/mol. The van der Waals surface area contributed by atoms with Crippen molar-refractivity contribution in [3.8, 4) is 0 Å². The maximum Gasteiger partial charge on any atom is 0.324 e. The lowest BCUT2D eigenvalue weighted by atomic mass is 10.1. The zero-order valence-electron chi connectivity index (χ0n) is 13.8. The number of aryl methyl sites for hydroxylation is 2. The second-order valence-electron chi connectivity index (χ2n) is 5.32. The summed E-state index contributed by atoms with van der Waals surface area (Å²) >= 11 is 1.32. The number of carbonyl (C=O) groups excluding carboxylic acids is 1. The first kappa shape index (κ1) is 16.4. The Hall–Kier alpha value is -2.41. The average Bonchev–Trinajstić information content (AvgIpc) is 2.96. The second kappa shape index (κ2) is 7.00. The van der Waals surface area contributed by atoms with Gasteiger partial charge in [0.2, 0.25) is 0 Å². The first-order valence-corrected chi connectivity index (χ1v) is 8.55. The van der Waals surface area contributed by atoms with Crippen LogP contribution in [0.15, 0.2) is 41.6 Å². The number of hydrogen-bond acceptors (Lipinski definition) is 6. The maximum absolute atomic E-state index is 12.4. The fourth-order valence-electron chi connectivity index (χ4n) is 2.48. The zero-order chi connectivity index (χ0) is 17.1. The Morgan fingerprint density at radius 3 is 2.71 bits per heavy atom. The molecule has 0 saturated heterocycles. The molecule has 0 radical (unpaired) electrons. The van der Waals surface area contributed by atoms with E-state index in [1.54, 1.807) is 6.92 Å².